The zero-order valence-electron chi connectivity index (χ0n) is 13.5. The van der Waals surface area contributed by atoms with Gasteiger partial charge in [0.1, 0.15) is 0 Å². The van der Waals surface area contributed by atoms with Gasteiger partial charge >= 0.3 is 5.97 Å². The van der Waals surface area contributed by atoms with Crippen LogP contribution in [0.1, 0.15) is 22.8 Å². The predicted molar refractivity (Wildman–Crippen MR) is 93.0 cm³/mol. The van der Waals surface area contributed by atoms with E-state index in [1.165, 1.54) is 0 Å². The maximum atomic E-state index is 12.3. The number of ether oxygens (including phenoxy) is 1. The Bertz CT molecular complexity index is 881. The van der Waals surface area contributed by atoms with Crippen molar-refractivity contribution in [3.05, 3.63) is 65.9 Å². The van der Waals surface area contributed by atoms with E-state index in [1.807, 2.05) is 43.3 Å². The summed E-state index contributed by atoms with van der Waals surface area (Å²) in [5.41, 5.74) is 3.04. The number of hydrogen-bond donors (Lipinski definition) is 2. The van der Waals surface area contributed by atoms with Crippen molar-refractivity contribution in [1.29, 1.82) is 0 Å². The lowest BCUT2D eigenvalue weighted by molar-refractivity contribution is -0.123. The topological polar surface area (TPSA) is 71.2 Å². The van der Waals surface area contributed by atoms with Crippen molar-refractivity contribution in [3.8, 4) is 0 Å². The molecule has 24 heavy (non-hydrogen) atoms. The second-order valence-electron chi connectivity index (χ2n) is 5.65. The quantitative estimate of drug-likeness (QED) is 0.720. The lowest BCUT2D eigenvalue weighted by atomic mass is 10.2. The zero-order chi connectivity index (χ0) is 17.1. The SMILES string of the molecule is Cc1ccc(NC(=O)[C@H](C)OC(=O)c2c[nH]c3ccccc23)cc1. The molecule has 0 aliphatic rings. The van der Waals surface area contributed by atoms with E-state index in [1.54, 1.807) is 25.3 Å². The summed E-state index contributed by atoms with van der Waals surface area (Å²) < 4.78 is 5.29. The average Bonchev–Trinajstić information content (AvgIpc) is 3.01. The van der Waals surface area contributed by atoms with Crippen LogP contribution in [0.4, 0.5) is 5.69 Å². The normalized spacial score (nSPS) is 11.9. The monoisotopic (exact) mass is 322 g/mol. The Hall–Kier alpha value is -3.08. The lowest BCUT2D eigenvalue weighted by Crippen LogP contribution is -2.29. The maximum absolute atomic E-state index is 12.3. The highest BCUT2D eigenvalue weighted by molar-refractivity contribution is 6.05. The summed E-state index contributed by atoms with van der Waals surface area (Å²) in [6.45, 7) is 3.52. The van der Waals surface area contributed by atoms with E-state index in [2.05, 4.69) is 10.3 Å². The minimum Gasteiger partial charge on any atom is -0.449 e. The zero-order valence-corrected chi connectivity index (χ0v) is 13.5. The Kier molecular flexibility index (Phi) is 4.33. The van der Waals surface area contributed by atoms with Crippen molar-refractivity contribution >= 4 is 28.5 Å². The third-order valence-electron chi connectivity index (χ3n) is 3.78. The van der Waals surface area contributed by atoms with Gasteiger partial charge < -0.3 is 15.0 Å². The summed E-state index contributed by atoms with van der Waals surface area (Å²) in [7, 11) is 0. The first-order valence-corrected chi connectivity index (χ1v) is 7.69. The van der Waals surface area contributed by atoms with Crippen molar-refractivity contribution in [2.24, 2.45) is 0 Å². The molecule has 5 heteroatoms. The molecule has 0 saturated carbocycles. The molecule has 2 aromatic carbocycles. The Morgan fingerprint density at radius 3 is 2.54 bits per heavy atom. The van der Waals surface area contributed by atoms with Crippen molar-refractivity contribution in [3.63, 3.8) is 0 Å². The number of fused-ring (bicyclic) bond motifs is 1. The van der Waals surface area contributed by atoms with E-state index in [9.17, 15) is 9.59 Å². The second kappa shape index (κ2) is 6.58. The number of hydrogen-bond acceptors (Lipinski definition) is 3. The number of anilines is 1. The number of aryl methyl sites for hydroxylation is 1. The molecule has 3 rings (SSSR count). The van der Waals surface area contributed by atoms with Crippen LogP contribution in [-0.4, -0.2) is 23.0 Å². The maximum Gasteiger partial charge on any atom is 0.341 e. The molecular weight excluding hydrogens is 304 g/mol. The third kappa shape index (κ3) is 3.30. The van der Waals surface area contributed by atoms with Crippen LogP contribution in [0.25, 0.3) is 10.9 Å². The van der Waals surface area contributed by atoms with Gasteiger partial charge in [-0.1, -0.05) is 35.9 Å². The summed E-state index contributed by atoms with van der Waals surface area (Å²) in [4.78, 5) is 27.5. The van der Waals surface area contributed by atoms with Gasteiger partial charge in [-0.2, -0.15) is 0 Å². The molecule has 0 aliphatic heterocycles. The molecule has 0 fully saturated rings. The molecule has 3 aromatic rings. The molecule has 1 aromatic heterocycles. The van der Waals surface area contributed by atoms with Crippen molar-refractivity contribution < 1.29 is 14.3 Å². The molecule has 2 N–H and O–H groups in total. The molecule has 0 spiro atoms. The number of carbonyl (C=O) groups excluding carboxylic acids is 2. The number of esters is 1. The Balaban J connectivity index is 1.67. The van der Waals surface area contributed by atoms with Crippen molar-refractivity contribution in [2.45, 2.75) is 20.0 Å². The Morgan fingerprint density at radius 2 is 1.79 bits per heavy atom. The molecule has 0 radical (unpaired) electrons. The molecular formula is C19H18N2O3. The van der Waals surface area contributed by atoms with Gasteiger partial charge in [-0.3, -0.25) is 4.79 Å². The number of para-hydroxylation sites is 1. The molecule has 1 heterocycles. The van der Waals surface area contributed by atoms with Crippen LogP contribution >= 0.6 is 0 Å². The van der Waals surface area contributed by atoms with Crippen LogP contribution in [0.15, 0.2) is 54.7 Å². The van der Waals surface area contributed by atoms with Gasteiger partial charge in [0.25, 0.3) is 5.91 Å². The molecule has 0 bridgehead atoms. The van der Waals surface area contributed by atoms with Gasteiger partial charge in [-0.05, 0) is 32.0 Å². The predicted octanol–water partition coefficient (Wildman–Crippen LogP) is 3.66. The first-order chi connectivity index (χ1) is 11.5. The molecule has 0 saturated heterocycles. The fraction of sp³-hybridized carbons (Fsp3) is 0.158. The second-order valence-corrected chi connectivity index (χ2v) is 5.65. The van der Waals surface area contributed by atoms with Crippen molar-refractivity contribution in [1.82, 2.24) is 4.98 Å². The number of aromatic nitrogens is 1. The summed E-state index contributed by atoms with van der Waals surface area (Å²) in [5.74, 6) is -0.897. The standard InChI is InChI=1S/C19H18N2O3/c1-12-7-9-14(10-8-12)21-18(22)13(2)24-19(23)16-11-20-17-6-4-3-5-15(16)17/h3-11,13,20H,1-2H3,(H,21,22)/t13-/m0/s1. The molecule has 5 nitrogen and oxygen atoms in total. The summed E-state index contributed by atoms with van der Waals surface area (Å²) >= 11 is 0. The van der Waals surface area contributed by atoms with Crippen LogP contribution in [0.2, 0.25) is 0 Å². The first kappa shape index (κ1) is 15.8. The molecule has 0 aliphatic carbocycles. The minimum absolute atomic E-state index is 0.368. The fourth-order valence-corrected chi connectivity index (χ4v) is 2.40. The smallest absolute Gasteiger partial charge is 0.341 e. The van der Waals surface area contributed by atoms with Crippen LogP contribution in [-0.2, 0) is 9.53 Å². The number of amides is 1. The van der Waals surface area contributed by atoms with E-state index < -0.39 is 12.1 Å². The number of nitrogens with one attached hydrogen (secondary N) is 2. The summed E-state index contributed by atoms with van der Waals surface area (Å²) in [6, 6.07) is 14.9. The lowest BCUT2D eigenvalue weighted by Gasteiger charge is -2.13. The highest BCUT2D eigenvalue weighted by atomic mass is 16.5. The number of rotatable bonds is 4. The van der Waals surface area contributed by atoms with E-state index in [-0.39, 0.29) is 5.91 Å². The van der Waals surface area contributed by atoms with E-state index in [0.29, 0.717) is 11.3 Å². The molecule has 122 valence electrons. The highest BCUT2D eigenvalue weighted by Crippen LogP contribution is 2.19. The molecule has 1 amide bonds. The van der Waals surface area contributed by atoms with E-state index in [0.717, 1.165) is 16.5 Å². The van der Waals surface area contributed by atoms with Gasteiger partial charge in [0.15, 0.2) is 6.10 Å². The number of H-pyrrole nitrogens is 1. The van der Waals surface area contributed by atoms with Gasteiger partial charge in [-0.25, -0.2) is 4.79 Å². The number of carbonyl (C=O) groups is 2. The molecule has 0 unspecified atom stereocenters. The highest BCUT2D eigenvalue weighted by Gasteiger charge is 2.21. The number of benzene rings is 2. The number of aromatic amines is 1. The third-order valence-corrected chi connectivity index (χ3v) is 3.78. The summed E-state index contributed by atoms with van der Waals surface area (Å²) in [6.07, 6.45) is 0.699. The molecule has 1 atom stereocenters. The van der Waals surface area contributed by atoms with Gasteiger partial charge in [0.05, 0.1) is 5.56 Å². The first-order valence-electron chi connectivity index (χ1n) is 7.69. The van der Waals surface area contributed by atoms with E-state index >= 15 is 0 Å². The van der Waals surface area contributed by atoms with Crippen LogP contribution in [0.3, 0.4) is 0 Å². The summed E-state index contributed by atoms with van der Waals surface area (Å²) in [5, 5.41) is 3.50. The van der Waals surface area contributed by atoms with Gasteiger partial charge in [0.2, 0.25) is 0 Å². The van der Waals surface area contributed by atoms with Crippen LogP contribution < -0.4 is 5.32 Å². The Labute approximate surface area is 139 Å². The Morgan fingerprint density at radius 1 is 1.08 bits per heavy atom. The average molecular weight is 322 g/mol. The van der Waals surface area contributed by atoms with Crippen LogP contribution in [0.5, 0.6) is 0 Å². The minimum atomic E-state index is -0.896. The van der Waals surface area contributed by atoms with Crippen molar-refractivity contribution in [2.75, 3.05) is 5.32 Å². The van der Waals surface area contributed by atoms with Gasteiger partial charge in [-0.15, -0.1) is 0 Å². The largest absolute Gasteiger partial charge is 0.449 e. The van der Waals surface area contributed by atoms with Gasteiger partial charge in [0, 0.05) is 22.8 Å². The van der Waals surface area contributed by atoms with Crippen LogP contribution in [0, 0.1) is 6.92 Å². The fourth-order valence-electron chi connectivity index (χ4n) is 2.40. The van der Waals surface area contributed by atoms with E-state index in [4.69, 9.17) is 4.74 Å².